The molecular weight excluding hydrogens is 396 g/mol. The maximum absolute atomic E-state index is 12.4. The van der Waals surface area contributed by atoms with Crippen molar-refractivity contribution in [3.05, 3.63) is 50.3 Å². The van der Waals surface area contributed by atoms with Crippen LogP contribution in [0.25, 0.3) is 0 Å². The van der Waals surface area contributed by atoms with Gasteiger partial charge in [-0.25, -0.2) is 4.79 Å². The van der Waals surface area contributed by atoms with Gasteiger partial charge in [-0.1, -0.05) is 22.0 Å². The molecule has 0 unspecified atom stereocenters. The first-order chi connectivity index (χ1) is 11.3. The average molecular weight is 411 g/mol. The Morgan fingerprint density at radius 3 is 2.62 bits per heavy atom. The Bertz CT molecular complexity index is 816. The van der Waals surface area contributed by atoms with Gasteiger partial charge < -0.3 is 15.8 Å². The van der Waals surface area contributed by atoms with Crippen LogP contribution in [0.2, 0.25) is 0 Å². The van der Waals surface area contributed by atoms with Gasteiger partial charge in [-0.15, -0.1) is 11.3 Å². The fourth-order valence-electron chi connectivity index (χ4n) is 2.09. The second kappa shape index (κ2) is 7.59. The lowest BCUT2D eigenvalue weighted by atomic mass is 10.1. The van der Waals surface area contributed by atoms with Gasteiger partial charge in [0.05, 0.1) is 12.2 Å². The topological polar surface area (TPSA) is 98.5 Å². The van der Waals surface area contributed by atoms with E-state index in [1.54, 1.807) is 38.1 Å². The molecule has 0 saturated carbocycles. The van der Waals surface area contributed by atoms with Crippen molar-refractivity contribution < 1.29 is 19.1 Å². The van der Waals surface area contributed by atoms with Crippen LogP contribution in [-0.4, -0.2) is 24.4 Å². The molecule has 0 bridgehead atoms. The molecule has 0 radical (unpaired) electrons. The Morgan fingerprint density at radius 2 is 2.04 bits per heavy atom. The number of hydrogen-bond donors (Lipinski definition) is 2. The van der Waals surface area contributed by atoms with Crippen molar-refractivity contribution in [1.29, 1.82) is 0 Å². The number of carbonyl (C=O) groups excluding carboxylic acids is 3. The second-order valence-electron chi connectivity index (χ2n) is 4.81. The zero-order valence-corrected chi connectivity index (χ0v) is 15.4. The van der Waals surface area contributed by atoms with E-state index in [0.717, 1.165) is 15.8 Å². The fraction of sp³-hybridized carbons (Fsp3) is 0.188. The number of esters is 1. The van der Waals surface area contributed by atoms with Crippen molar-refractivity contribution in [3.8, 4) is 0 Å². The number of thiophene rings is 1. The molecule has 1 aromatic heterocycles. The van der Waals surface area contributed by atoms with Gasteiger partial charge >= 0.3 is 5.97 Å². The number of nitrogens with one attached hydrogen (secondary N) is 1. The predicted octanol–water partition coefficient (Wildman–Crippen LogP) is 3.35. The molecule has 0 aliphatic carbocycles. The third-order valence-corrected chi connectivity index (χ3v) is 4.85. The summed E-state index contributed by atoms with van der Waals surface area (Å²) in [7, 11) is 0. The van der Waals surface area contributed by atoms with Crippen LogP contribution < -0.4 is 11.1 Å². The van der Waals surface area contributed by atoms with Gasteiger partial charge in [-0.05, 0) is 37.6 Å². The standard InChI is InChI=1S/C16H15BrN2O4S/c1-3-23-16(22)12-8(2)11(13(18)20)15(24-12)19-14(21)9-5-4-6-10(17)7-9/h4-7H,3H2,1-2H3,(H2,18,20)(H,19,21). The van der Waals surface area contributed by atoms with E-state index in [-0.39, 0.29) is 22.0 Å². The third kappa shape index (κ3) is 3.82. The lowest BCUT2D eigenvalue weighted by Crippen LogP contribution is -2.17. The molecule has 0 saturated heterocycles. The molecule has 0 atom stereocenters. The first-order valence-corrected chi connectivity index (χ1v) is 8.63. The van der Waals surface area contributed by atoms with Crippen LogP contribution in [-0.2, 0) is 4.74 Å². The highest BCUT2D eigenvalue weighted by Gasteiger charge is 2.25. The summed E-state index contributed by atoms with van der Waals surface area (Å²) in [6, 6.07) is 6.79. The minimum Gasteiger partial charge on any atom is -0.462 e. The fourth-order valence-corrected chi connectivity index (χ4v) is 3.59. The van der Waals surface area contributed by atoms with E-state index >= 15 is 0 Å². The summed E-state index contributed by atoms with van der Waals surface area (Å²) < 4.78 is 5.71. The molecule has 2 amide bonds. The Kier molecular flexibility index (Phi) is 5.74. The summed E-state index contributed by atoms with van der Waals surface area (Å²) >= 11 is 4.26. The Morgan fingerprint density at radius 1 is 1.33 bits per heavy atom. The van der Waals surface area contributed by atoms with Crippen LogP contribution in [0.3, 0.4) is 0 Å². The number of hydrogen-bond acceptors (Lipinski definition) is 5. The molecule has 24 heavy (non-hydrogen) atoms. The number of benzene rings is 1. The molecular formula is C16H15BrN2O4S. The molecule has 2 rings (SSSR count). The van der Waals surface area contributed by atoms with Crippen molar-refractivity contribution in [1.82, 2.24) is 0 Å². The van der Waals surface area contributed by atoms with Crippen LogP contribution in [0.1, 0.15) is 42.9 Å². The number of primary amides is 1. The number of ether oxygens (including phenoxy) is 1. The highest BCUT2D eigenvalue weighted by atomic mass is 79.9. The van der Waals surface area contributed by atoms with Gasteiger partial charge in [0, 0.05) is 10.0 Å². The molecule has 8 heteroatoms. The molecule has 3 N–H and O–H groups in total. The molecule has 1 aromatic carbocycles. The average Bonchev–Trinajstić information content (AvgIpc) is 2.84. The van der Waals surface area contributed by atoms with Crippen LogP contribution in [0.4, 0.5) is 5.00 Å². The van der Waals surface area contributed by atoms with Crippen LogP contribution in [0, 0.1) is 6.92 Å². The van der Waals surface area contributed by atoms with Crippen LogP contribution in [0.5, 0.6) is 0 Å². The number of amides is 2. The van der Waals surface area contributed by atoms with Gasteiger partial charge in [0.15, 0.2) is 0 Å². The van der Waals surface area contributed by atoms with Crippen molar-refractivity contribution in [3.63, 3.8) is 0 Å². The monoisotopic (exact) mass is 410 g/mol. The van der Waals surface area contributed by atoms with Crippen molar-refractivity contribution in [2.24, 2.45) is 5.73 Å². The third-order valence-electron chi connectivity index (χ3n) is 3.17. The Hall–Kier alpha value is -2.19. The lowest BCUT2D eigenvalue weighted by molar-refractivity contribution is 0.0531. The first kappa shape index (κ1) is 18.2. The van der Waals surface area contributed by atoms with E-state index in [4.69, 9.17) is 10.5 Å². The molecule has 0 spiro atoms. The molecule has 1 heterocycles. The van der Waals surface area contributed by atoms with E-state index in [0.29, 0.717) is 11.1 Å². The number of nitrogens with two attached hydrogens (primary N) is 1. The summed E-state index contributed by atoms with van der Waals surface area (Å²) in [6.07, 6.45) is 0. The van der Waals surface area contributed by atoms with Crippen LogP contribution in [0.15, 0.2) is 28.7 Å². The molecule has 0 fully saturated rings. The van der Waals surface area contributed by atoms with E-state index in [1.807, 2.05) is 0 Å². The zero-order chi connectivity index (χ0) is 17.9. The number of anilines is 1. The molecule has 6 nitrogen and oxygen atoms in total. The predicted molar refractivity (Wildman–Crippen MR) is 95.6 cm³/mol. The minimum atomic E-state index is -0.719. The van der Waals surface area contributed by atoms with Gasteiger partial charge in [0.1, 0.15) is 9.88 Å². The number of carbonyl (C=O) groups is 3. The summed E-state index contributed by atoms with van der Waals surface area (Å²) in [5.41, 5.74) is 6.32. The van der Waals surface area contributed by atoms with E-state index < -0.39 is 17.8 Å². The van der Waals surface area contributed by atoms with Gasteiger partial charge in [-0.2, -0.15) is 0 Å². The molecule has 126 valence electrons. The quantitative estimate of drug-likeness (QED) is 0.738. The summed E-state index contributed by atoms with van der Waals surface area (Å²) in [4.78, 5) is 36.3. The Balaban J connectivity index is 2.39. The highest BCUT2D eigenvalue weighted by molar-refractivity contribution is 9.10. The maximum Gasteiger partial charge on any atom is 0.348 e. The van der Waals surface area contributed by atoms with Gasteiger partial charge in [0.25, 0.3) is 11.8 Å². The molecule has 0 aliphatic heterocycles. The lowest BCUT2D eigenvalue weighted by Gasteiger charge is -2.05. The molecule has 2 aromatic rings. The van der Waals surface area contributed by atoms with E-state index in [9.17, 15) is 14.4 Å². The second-order valence-corrected chi connectivity index (χ2v) is 6.75. The van der Waals surface area contributed by atoms with E-state index in [2.05, 4.69) is 21.2 Å². The van der Waals surface area contributed by atoms with Gasteiger partial charge in [-0.3, -0.25) is 9.59 Å². The van der Waals surface area contributed by atoms with Crippen molar-refractivity contribution in [2.75, 3.05) is 11.9 Å². The summed E-state index contributed by atoms with van der Waals surface area (Å²) in [5, 5.41) is 2.87. The van der Waals surface area contributed by atoms with E-state index in [1.165, 1.54) is 0 Å². The highest BCUT2D eigenvalue weighted by Crippen LogP contribution is 2.33. The molecule has 0 aliphatic rings. The SMILES string of the molecule is CCOC(=O)c1sc(NC(=O)c2cccc(Br)c2)c(C(N)=O)c1C. The van der Waals surface area contributed by atoms with Crippen molar-refractivity contribution in [2.45, 2.75) is 13.8 Å². The number of rotatable bonds is 5. The zero-order valence-electron chi connectivity index (χ0n) is 13.0. The smallest absolute Gasteiger partial charge is 0.348 e. The Labute approximate surface area is 151 Å². The number of halogens is 1. The normalized spacial score (nSPS) is 10.3. The summed E-state index contributed by atoms with van der Waals surface area (Å²) in [5.74, 6) is -1.68. The largest absolute Gasteiger partial charge is 0.462 e. The minimum absolute atomic E-state index is 0.117. The first-order valence-electron chi connectivity index (χ1n) is 7.02. The van der Waals surface area contributed by atoms with Crippen molar-refractivity contribution >= 4 is 50.1 Å². The maximum atomic E-state index is 12.4. The van der Waals surface area contributed by atoms with Gasteiger partial charge in [0.2, 0.25) is 0 Å². The summed E-state index contributed by atoms with van der Waals surface area (Å²) in [6.45, 7) is 3.49. The van der Waals surface area contributed by atoms with Crippen LogP contribution >= 0.6 is 27.3 Å².